The molecule has 0 amide bonds. The molecule has 2 aromatic rings. The van der Waals surface area contributed by atoms with Gasteiger partial charge < -0.3 is 9.73 Å². The Morgan fingerprint density at radius 2 is 2.19 bits per heavy atom. The number of hydrogen-bond donors (Lipinski definition) is 1. The number of furan rings is 1. The third-order valence-corrected chi connectivity index (χ3v) is 3.05. The molecular weight excluding hydrogens is 273 g/mol. The fourth-order valence-corrected chi connectivity index (χ4v) is 1.82. The summed E-state index contributed by atoms with van der Waals surface area (Å²) in [6.45, 7) is 2.32. The van der Waals surface area contributed by atoms with E-state index < -0.39 is 0 Å². The highest BCUT2D eigenvalue weighted by molar-refractivity contribution is 9.10. The molecule has 0 fully saturated rings. The average Bonchev–Trinajstić information content (AvgIpc) is 2.64. The molecule has 2 rings (SSSR count). The molecule has 0 unspecified atom stereocenters. The molecule has 0 atom stereocenters. The van der Waals surface area contributed by atoms with Crippen molar-refractivity contribution < 1.29 is 8.81 Å². The average molecular weight is 284 g/mol. The highest BCUT2D eigenvalue weighted by Crippen LogP contribution is 2.22. The molecule has 1 N–H and O–H groups in total. The van der Waals surface area contributed by atoms with E-state index in [1.165, 1.54) is 6.07 Å². The maximum Gasteiger partial charge on any atom is 0.146 e. The van der Waals surface area contributed by atoms with Gasteiger partial charge in [-0.15, -0.1) is 0 Å². The molecule has 0 aliphatic heterocycles. The van der Waals surface area contributed by atoms with Crippen LogP contribution in [0.3, 0.4) is 0 Å². The summed E-state index contributed by atoms with van der Waals surface area (Å²) >= 11 is 3.35. The lowest BCUT2D eigenvalue weighted by atomic mass is 10.2. The van der Waals surface area contributed by atoms with Crippen molar-refractivity contribution in [1.29, 1.82) is 0 Å². The third kappa shape index (κ3) is 2.27. The van der Waals surface area contributed by atoms with Crippen molar-refractivity contribution in [3.63, 3.8) is 0 Å². The van der Waals surface area contributed by atoms with E-state index in [9.17, 15) is 4.39 Å². The zero-order valence-electron chi connectivity index (χ0n) is 8.76. The van der Waals surface area contributed by atoms with Gasteiger partial charge in [0.25, 0.3) is 0 Å². The van der Waals surface area contributed by atoms with Gasteiger partial charge in [-0.3, -0.25) is 0 Å². The summed E-state index contributed by atoms with van der Waals surface area (Å²) in [4.78, 5) is 0. The van der Waals surface area contributed by atoms with Gasteiger partial charge in [0.15, 0.2) is 0 Å². The highest BCUT2D eigenvalue weighted by atomic mass is 79.9. The van der Waals surface area contributed by atoms with Gasteiger partial charge in [0, 0.05) is 0 Å². The van der Waals surface area contributed by atoms with Gasteiger partial charge in [-0.25, -0.2) is 4.39 Å². The second-order valence-corrected chi connectivity index (χ2v) is 4.33. The molecule has 0 spiro atoms. The van der Waals surface area contributed by atoms with E-state index >= 15 is 0 Å². The van der Waals surface area contributed by atoms with Gasteiger partial charge in [0.05, 0.1) is 23.0 Å². The standard InChI is InChI=1S/C12H11BrFNO/c1-8-3-2-4-10(14)12(8)15-7-11-9(13)5-6-16-11/h2-6,15H,7H2,1H3. The van der Waals surface area contributed by atoms with Gasteiger partial charge in [0.1, 0.15) is 11.6 Å². The van der Waals surface area contributed by atoms with E-state index in [0.717, 1.165) is 15.8 Å². The zero-order valence-corrected chi connectivity index (χ0v) is 10.3. The second-order valence-electron chi connectivity index (χ2n) is 3.48. The van der Waals surface area contributed by atoms with Crippen LogP contribution < -0.4 is 5.32 Å². The first-order valence-corrected chi connectivity index (χ1v) is 5.68. The molecule has 4 heteroatoms. The summed E-state index contributed by atoms with van der Waals surface area (Å²) in [5.41, 5.74) is 1.40. The summed E-state index contributed by atoms with van der Waals surface area (Å²) in [6, 6.07) is 6.80. The van der Waals surface area contributed by atoms with Gasteiger partial charge in [0.2, 0.25) is 0 Å². The Kier molecular flexibility index (Phi) is 3.29. The predicted octanol–water partition coefficient (Wildman–Crippen LogP) is 4.10. The lowest BCUT2D eigenvalue weighted by Gasteiger charge is -2.09. The Morgan fingerprint density at radius 1 is 1.38 bits per heavy atom. The summed E-state index contributed by atoms with van der Waals surface area (Å²) in [6.07, 6.45) is 1.59. The van der Waals surface area contributed by atoms with Gasteiger partial charge in [-0.2, -0.15) is 0 Å². The van der Waals surface area contributed by atoms with Crippen molar-refractivity contribution in [2.45, 2.75) is 13.5 Å². The number of halogens is 2. The van der Waals surface area contributed by atoms with Crippen LogP contribution in [0.2, 0.25) is 0 Å². The Balaban J connectivity index is 2.14. The monoisotopic (exact) mass is 283 g/mol. The van der Waals surface area contributed by atoms with Crippen LogP contribution in [0.25, 0.3) is 0 Å². The summed E-state index contributed by atoms with van der Waals surface area (Å²) in [5.74, 6) is 0.505. The Hall–Kier alpha value is -1.29. The minimum absolute atomic E-state index is 0.248. The SMILES string of the molecule is Cc1cccc(F)c1NCc1occc1Br. The van der Waals surface area contributed by atoms with E-state index in [0.29, 0.717) is 12.2 Å². The van der Waals surface area contributed by atoms with Crippen molar-refractivity contribution >= 4 is 21.6 Å². The molecular formula is C12H11BrFNO. The molecule has 0 saturated carbocycles. The fraction of sp³-hybridized carbons (Fsp3) is 0.167. The van der Waals surface area contributed by atoms with E-state index in [1.54, 1.807) is 12.3 Å². The van der Waals surface area contributed by atoms with Crippen LogP contribution >= 0.6 is 15.9 Å². The topological polar surface area (TPSA) is 25.2 Å². The van der Waals surface area contributed by atoms with Crippen molar-refractivity contribution in [3.8, 4) is 0 Å². The van der Waals surface area contributed by atoms with Crippen LogP contribution in [-0.2, 0) is 6.54 Å². The summed E-state index contributed by atoms with van der Waals surface area (Å²) in [7, 11) is 0. The summed E-state index contributed by atoms with van der Waals surface area (Å²) < 4.78 is 19.6. The Bertz CT molecular complexity index is 475. The van der Waals surface area contributed by atoms with Gasteiger partial charge in [-0.05, 0) is 40.5 Å². The van der Waals surface area contributed by atoms with Crippen molar-refractivity contribution in [2.75, 3.05) is 5.32 Å². The molecule has 1 heterocycles. The quantitative estimate of drug-likeness (QED) is 0.917. The second kappa shape index (κ2) is 4.70. The van der Waals surface area contributed by atoms with Gasteiger partial charge >= 0.3 is 0 Å². The normalized spacial score (nSPS) is 10.4. The minimum Gasteiger partial charge on any atom is -0.466 e. The number of para-hydroxylation sites is 1. The molecule has 0 aliphatic rings. The van der Waals surface area contributed by atoms with Crippen LogP contribution in [0.15, 0.2) is 39.4 Å². The lowest BCUT2D eigenvalue weighted by Crippen LogP contribution is -2.02. The Morgan fingerprint density at radius 3 is 2.81 bits per heavy atom. The third-order valence-electron chi connectivity index (χ3n) is 2.34. The molecule has 0 radical (unpaired) electrons. The molecule has 0 saturated heterocycles. The number of anilines is 1. The van der Waals surface area contributed by atoms with Crippen LogP contribution in [0.1, 0.15) is 11.3 Å². The van der Waals surface area contributed by atoms with Crippen molar-refractivity contribution in [3.05, 3.63) is 52.1 Å². The largest absolute Gasteiger partial charge is 0.466 e. The molecule has 1 aromatic heterocycles. The first-order chi connectivity index (χ1) is 7.68. The first kappa shape index (κ1) is 11.2. The van der Waals surface area contributed by atoms with Crippen LogP contribution in [0.4, 0.5) is 10.1 Å². The molecule has 0 bridgehead atoms. The highest BCUT2D eigenvalue weighted by Gasteiger charge is 2.07. The van der Waals surface area contributed by atoms with Crippen molar-refractivity contribution in [1.82, 2.24) is 0 Å². The lowest BCUT2D eigenvalue weighted by molar-refractivity contribution is 0.515. The fourth-order valence-electron chi connectivity index (χ4n) is 1.48. The number of hydrogen-bond acceptors (Lipinski definition) is 2. The van der Waals surface area contributed by atoms with E-state index in [4.69, 9.17) is 4.42 Å². The number of benzene rings is 1. The van der Waals surface area contributed by atoms with Crippen LogP contribution in [0.5, 0.6) is 0 Å². The predicted molar refractivity (Wildman–Crippen MR) is 64.9 cm³/mol. The molecule has 16 heavy (non-hydrogen) atoms. The van der Waals surface area contributed by atoms with E-state index in [-0.39, 0.29) is 5.82 Å². The minimum atomic E-state index is -0.248. The van der Waals surface area contributed by atoms with E-state index in [2.05, 4.69) is 21.2 Å². The molecule has 0 aliphatic carbocycles. The number of aryl methyl sites for hydroxylation is 1. The first-order valence-electron chi connectivity index (χ1n) is 4.89. The smallest absolute Gasteiger partial charge is 0.146 e. The maximum absolute atomic E-state index is 13.5. The van der Waals surface area contributed by atoms with E-state index in [1.807, 2.05) is 19.1 Å². The molecule has 2 nitrogen and oxygen atoms in total. The van der Waals surface area contributed by atoms with Crippen LogP contribution in [0, 0.1) is 12.7 Å². The maximum atomic E-state index is 13.5. The molecule has 1 aromatic carbocycles. The van der Waals surface area contributed by atoms with Crippen LogP contribution in [-0.4, -0.2) is 0 Å². The van der Waals surface area contributed by atoms with Gasteiger partial charge in [-0.1, -0.05) is 12.1 Å². The number of rotatable bonds is 3. The summed E-state index contributed by atoms with van der Waals surface area (Å²) in [5, 5.41) is 3.03. The van der Waals surface area contributed by atoms with Crippen molar-refractivity contribution in [2.24, 2.45) is 0 Å². The molecule has 84 valence electrons. The zero-order chi connectivity index (χ0) is 11.5. The Labute approximate surface area is 102 Å². The number of nitrogens with one attached hydrogen (secondary N) is 1.